The summed E-state index contributed by atoms with van der Waals surface area (Å²) in [6.45, 7) is 10.8. The van der Waals surface area contributed by atoms with E-state index in [1.54, 1.807) is 23.2 Å². The number of piperazine rings is 1. The summed E-state index contributed by atoms with van der Waals surface area (Å²) in [5, 5.41) is 11.1. The zero-order valence-corrected chi connectivity index (χ0v) is 23.0. The normalized spacial score (nSPS) is 16.4. The maximum absolute atomic E-state index is 15.1. The topological polar surface area (TPSA) is 114 Å². The molecule has 1 N–H and O–H groups in total. The van der Waals surface area contributed by atoms with Crippen molar-refractivity contribution < 1.29 is 19.0 Å². The Balaban J connectivity index is 1.68. The summed E-state index contributed by atoms with van der Waals surface area (Å²) < 4.78 is 22.8. The first-order valence-corrected chi connectivity index (χ1v) is 13.4. The number of pyridine rings is 2. The van der Waals surface area contributed by atoms with Gasteiger partial charge in [-0.1, -0.05) is 26.5 Å². The molecule has 3 aromatic heterocycles. The maximum atomic E-state index is 15.1. The van der Waals surface area contributed by atoms with Crippen LogP contribution in [0.4, 0.5) is 10.2 Å². The number of aromatic hydroxyl groups is 1. The number of carbonyl (C=O) groups is 1. The Hall–Kier alpha value is -4.80. The van der Waals surface area contributed by atoms with Crippen LogP contribution in [0.25, 0.3) is 28.0 Å². The number of rotatable bonds is 4. The van der Waals surface area contributed by atoms with E-state index in [-0.39, 0.29) is 47.1 Å². The van der Waals surface area contributed by atoms with Crippen LogP contribution >= 0.6 is 0 Å². The van der Waals surface area contributed by atoms with Gasteiger partial charge in [0.2, 0.25) is 5.91 Å². The van der Waals surface area contributed by atoms with Gasteiger partial charge in [0, 0.05) is 31.9 Å². The first-order valence-electron chi connectivity index (χ1n) is 13.4. The summed E-state index contributed by atoms with van der Waals surface area (Å²) in [5.74, 6) is -0.459. The van der Waals surface area contributed by atoms with Crippen LogP contribution in [0.1, 0.15) is 31.0 Å². The Kier molecular flexibility index (Phi) is 6.44. The van der Waals surface area contributed by atoms with E-state index in [9.17, 15) is 14.7 Å². The van der Waals surface area contributed by atoms with E-state index in [0.717, 1.165) is 5.56 Å². The zero-order chi connectivity index (χ0) is 29.0. The quantitative estimate of drug-likeness (QED) is 0.379. The molecule has 0 radical (unpaired) electrons. The average molecular weight is 557 g/mol. The molecule has 1 aromatic carbocycles. The predicted molar refractivity (Wildman–Crippen MR) is 152 cm³/mol. The number of halogens is 1. The monoisotopic (exact) mass is 556 g/mol. The summed E-state index contributed by atoms with van der Waals surface area (Å²) >= 11 is 0. The fourth-order valence-corrected chi connectivity index (χ4v) is 5.66. The van der Waals surface area contributed by atoms with Gasteiger partial charge in [0.25, 0.3) is 0 Å². The number of nitrogens with zero attached hydrogens (tertiary/aromatic N) is 6. The second-order valence-electron chi connectivity index (χ2n) is 10.6. The van der Waals surface area contributed by atoms with Gasteiger partial charge in [0.1, 0.15) is 35.1 Å². The molecule has 2 aliphatic heterocycles. The lowest BCUT2D eigenvalue weighted by Crippen LogP contribution is -2.56. The summed E-state index contributed by atoms with van der Waals surface area (Å²) in [5.41, 5.74) is 1.63. The number of hydrogen-bond acceptors (Lipinski definition) is 8. The summed E-state index contributed by atoms with van der Waals surface area (Å²) in [6, 6.07) is 7.08. The molecule has 0 saturated carbocycles. The molecule has 1 fully saturated rings. The molecule has 5 heterocycles. The molecule has 1 amide bonds. The zero-order valence-electron chi connectivity index (χ0n) is 23.0. The standard InChI is InChI=1S/C30H29FN6O4/c1-5-23(39)35-11-12-36-18(14-35)15-41-22-13-20(24-19(31)7-6-8-21(24)38)33-29-25(22)28(36)34-30(40)37(29)27-17(4)9-10-32-26(27)16(2)3/h5-10,13,16,18,38H,1,11-12,14-15H2,2-4H3/t18-/m0/s1. The number of hydrogen-bond donors (Lipinski definition) is 1. The molecule has 0 spiro atoms. The van der Waals surface area contributed by atoms with Crippen molar-refractivity contribution in [1.82, 2.24) is 24.4 Å². The molecule has 0 aliphatic carbocycles. The molecular formula is C30H29FN6O4. The number of phenolic OH excluding ortho intramolecular Hbond substituents is 1. The fourth-order valence-electron chi connectivity index (χ4n) is 5.66. The SMILES string of the molecule is C=CC(=O)N1CCN2c3nc(=O)n(-c4c(C)ccnc4C(C)C)c4nc(-c5c(O)cccc5F)cc(c34)OC[C@@H]2C1. The second kappa shape index (κ2) is 9.99. The van der Waals surface area contributed by atoms with Crippen molar-refractivity contribution in [2.45, 2.75) is 32.7 Å². The Morgan fingerprint density at radius 2 is 2.05 bits per heavy atom. The number of phenols is 1. The van der Waals surface area contributed by atoms with Gasteiger partial charge in [-0.05, 0) is 42.7 Å². The third-order valence-electron chi connectivity index (χ3n) is 7.64. The maximum Gasteiger partial charge on any atom is 0.355 e. The molecule has 1 saturated heterocycles. The van der Waals surface area contributed by atoms with Crippen molar-refractivity contribution in [2.75, 3.05) is 31.1 Å². The first-order chi connectivity index (χ1) is 19.7. The van der Waals surface area contributed by atoms with Gasteiger partial charge in [0.15, 0.2) is 5.65 Å². The summed E-state index contributed by atoms with van der Waals surface area (Å²) in [7, 11) is 0. The fraction of sp³-hybridized carbons (Fsp3) is 0.300. The number of amides is 1. The highest BCUT2D eigenvalue weighted by Gasteiger charge is 2.36. The van der Waals surface area contributed by atoms with Crippen molar-refractivity contribution in [2.24, 2.45) is 0 Å². The van der Waals surface area contributed by atoms with Crippen LogP contribution < -0.4 is 15.3 Å². The van der Waals surface area contributed by atoms with E-state index < -0.39 is 11.5 Å². The first kappa shape index (κ1) is 26.4. The van der Waals surface area contributed by atoms with Crippen molar-refractivity contribution in [3.63, 3.8) is 0 Å². The Morgan fingerprint density at radius 3 is 2.78 bits per heavy atom. The number of aryl methyl sites for hydroxylation is 1. The third kappa shape index (κ3) is 4.28. The Labute approximate surface area is 235 Å². The highest BCUT2D eigenvalue weighted by atomic mass is 19.1. The molecule has 2 aliphatic rings. The minimum atomic E-state index is -0.669. The van der Waals surface area contributed by atoms with Gasteiger partial charge in [-0.15, -0.1) is 0 Å². The molecule has 0 unspecified atom stereocenters. The number of carbonyl (C=O) groups excluding carboxylic acids is 1. The minimum absolute atomic E-state index is 0.0309. The molecule has 1 atom stereocenters. The van der Waals surface area contributed by atoms with Crippen LogP contribution in [0.2, 0.25) is 0 Å². The van der Waals surface area contributed by atoms with Crippen molar-refractivity contribution in [1.29, 1.82) is 0 Å². The van der Waals surface area contributed by atoms with E-state index in [1.165, 1.54) is 28.8 Å². The van der Waals surface area contributed by atoms with Crippen LogP contribution in [0.3, 0.4) is 0 Å². The van der Waals surface area contributed by atoms with Gasteiger partial charge in [-0.3, -0.25) is 9.78 Å². The number of fused-ring (bicyclic) bond motifs is 2. The van der Waals surface area contributed by atoms with E-state index in [0.29, 0.717) is 48.0 Å². The lowest BCUT2D eigenvalue weighted by Gasteiger charge is -2.40. The van der Waals surface area contributed by atoms with Crippen LogP contribution in [0.15, 0.2) is 54.0 Å². The van der Waals surface area contributed by atoms with Gasteiger partial charge in [0.05, 0.1) is 28.7 Å². The van der Waals surface area contributed by atoms with Gasteiger partial charge < -0.3 is 19.6 Å². The van der Waals surface area contributed by atoms with Crippen molar-refractivity contribution in [3.05, 3.63) is 76.7 Å². The molecular weight excluding hydrogens is 527 g/mol. The number of ether oxygens (including phenoxy) is 1. The molecule has 10 nitrogen and oxygen atoms in total. The number of aromatic nitrogens is 4. The number of benzene rings is 1. The van der Waals surface area contributed by atoms with Crippen LogP contribution in [0, 0.1) is 12.7 Å². The van der Waals surface area contributed by atoms with Gasteiger partial charge in [-0.2, -0.15) is 4.98 Å². The second-order valence-corrected chi connectivity index (χ2v) is 10.6. The lowest BCUT2D eigenvalue weighted by atomic mass is 10.0. The highest BCUT2D eigenvalue weighted by molar-refractivity contribution is 5.97. The van der Waals surface area contributed by atoms with Gasteiger partial charge in [-0.25, -0.2) is 18.7 Å². The van der Waals surface area contributed by atoms with E-state index in [2.05, 4.69) is 16.5 Å². The minimum Gasteiger partial charge on any atom is -0.507 e. The van der Waals surface area contributed by atoms with Crippen LogP contribution in [0.5, 0.6) is 11.5 Å². The Bertz CT molecular complexity index is 1770. The average Bonchev–Trinajstić information content (AvgIpc) is 3.10. The predicted octanol–water partition coefficient (Wildman–Crippen LogP) is 3.71. The van der Waals surface area contributed by atoms with Crippen LogP contribution in [-0.2, 0) is 4.79 Å². The molecule has 0 bridgehead atoms. The summed E-state index contributed by atoms with van der Waals surface area (Å²) in [4.78, 5) is 43.9. The van der Waals surface area contributed by atoms with E-state index in [4.69, 9.17) is 9.72 Å². The lowest BCUT2D eigenvalue weighted by molar-refractivity contribution is -0.126. The van der Waals surface area contributed by atoms with E-state index >= 15 is 4.39 Å². The molecule has 210 valence electrons. The third-order valence-corrected chi connectivity index (χ3v) is 7.64. The molecule has 4 aromatic rings. The smallest absolute Gasteiger partial charge is 0.355 e. The van der Waals surface area contributed by atoms with Crippen LogP contribution in [-0.4, -0.2) is 67.7 Å². The number of anilines is 1. The molecule has 11 heteroatoms. The highest BCUT2D eigenvalue weighted by Crippen LogP contribution is 2.41. The van der Waals surface area contributed by atoms with Crippen molar-refractivity contribution in [3.8, 4) is 28.4 Å². The summed E-state index contributed by atoms with van der Waals surface area (Å²) in [6.07, 6.45) is 2.97. The van der Waals surface area contributed by atoms with E-state index in [1.807, 2.05) is 25.7 Å². The largest absolute Gasteiger partial charge is 0.507 e. The van der Waals surface area contributed by atoms with Gasteiger partial charge >= 0.3 is 5.69 Å². The molecule has 6 rings (SSSR count). The molecule has 41 heavy (non-hydrogen) atoms. The van der Waals surface area contributed by atoms with Crippen molar-refractivity contribution >= 4 is 22.8 Å². The Morgan fingerprint density at radius 1 is 1.24 bits per heavy atom.